The van der Waals surface area contributed by atoms with Gasteiger partial charge in [0.15, 0.2) is 0 Å². The second-order valence-electron chi connectivity index (χ2n) is 7.64. The van der Waals surface area contributed by atoms with E-state index in [1.807, 2.05) is 44.2 Å². The normalized spacial score (nSPS) is 19.6. The van der Waals surface area contributed by atoms with Crippen LogP contribution < -0.4 is 10.1 Å². The summed E-state index contributed by atoms with van der Waals surface area (Å²) in [5.41, 5.74) is 2.93. The van der Waals surface area contributed by atoms with Gasteiger partial charge in [0.05, 0.1) is 25.0 Å². The Hall–Kier alpha value is -2.73. The Bertz CT molecular complexity index is 833. The Labute approximate surface area is 172 Å². The average molecular weight is 396 g/mol. The van der Waals surface area contributed by atoms with Gasteiger partial charge in [0.25, 0.3) is 0 Å². The lowest BCUT2D eigenvalue weighted by atomic mass is 9.83. The molecule has 1 fully saturated rings. The molecule has 0 bridgehead atoms. The molecule has 1 amide bonds. The molecular formula is C23H29N3O3. The van der Waals surface area contributed by atoms with Gasteiger partial charge < -0.3 is 14.8 Å². The van der Waals surface area contributed by atoms with Gasteiger partial charge in [-0.3, -0.25) is 4.79 Å². The van der Waals surface area contributed by atoms with Crippen LogP contribution in [0.2, 0.25) is 0 Å². The minimum Gasteiger partial charge on any atom is -0.477 e. The van der Waals surface area contributed by atoms with Crippen molar-refractivity contribution in [3.8, 4) is 5.88 Å². The lowest BCUT2D eigenvalue weighted by Gasteiger charge is -2.35. The first kappa shape index (κ1) is 21.0. The lowest BCUT2D eigenvalue weighted by Crippen LogP contribution is -2.40. The summed E-state index contributed by atoms with van der Waals surface area (Å²) in [4.78, 5) is 19.7. The highest BCUT2D eigenvalue weighted by molar-refractivity contribution is 5.73. The van der Waals surface area contributed by atoms with Crippen molar-refractivity contribution in [1.82, 2.24) is 15.3 Å². The number of benzene rings is 1. The quantitative estimate of drug-likeness (QED) is 0.702. The summed E-state index contributed by atoms with van der Waals surface area (Å²) in [5.74, 6) is 1.07. The van der Waals surface area contributed by atoms with E-state index >= 15 is 0 Å². The zero-order valence-electron chi connectivity index (χ0n) is 17.3. The van der Waals surface area contributed by atoms with E-state index in [0.29, 0.717) is 25.0 Å². The number of aromatic nitrogens is 2. The third-order valence-electron chi connectivity index (χ3n) is 4.99. The monoisotopic (exact) mass is 395 g/mol. The predicted octanol–water partition coefficient (Wildman–Crippen LogP) is 3.65. The summed E-state index contributed by atoms with van der Waals surface area (Å²) in [7, 11) is 0. The third kappa shape index (κ3) is 6.39. The minimum absolute atomic E-state index is 0.0285. The second-order valence-corrected chi connectivity index (χ2v) is 7.64. The molecule has 0 radical (unpaired) electrons. The van der Waals surface area contributed by atoms with E-state index in [-0.39, 0.29) is 18.1 Å². The van der Waals surface area contributed by atoms with Crippen molar-refractivity contribution in [1.29, 1.82) is 0 Å². The Morgan fingerprint density at radius 2 is 2.00 bits per heavy atom. The van der Waals surface area contributed by atoms with Crippen molar-refractivity contribution in [2.75, 3.05) is 13.2 Å². The zero-order valence-corrected chi connectivity index (χ0v) is 17.3. The highest BCUT2D eigenvalue weighted by Crippen LogP contribution is 2.31. The Kier molecular flexibility index (Phi) is 7.36. The maximum atomic E-state index is 11.0. The van der Waals surface area contributed by atoms with Crippen LogP contribution in [0.25, 0.3) is 12.2 Å². The highest BCUT2D eigenvalue weighted by Gasteiger charge is 2.31. The predicted molar refractivity (Wildman–Crippen MR) is 113 cm³/mol. The average Bonchev–Trinajstić information content (AvgIpc) is 2.66. The van der Waals surface area contributed by atoms with Crippen LogP contribution in [0.4, 0.5) is 0 Å². The van der Waals surface area contributed by atoms with E-state index < -0.39 is 0 Å². The molecule has 1 aliphatic rings. The lowest BCUT2D eigenvalue weighted by molar-refractivity contribution is -0.120. The van der Waals surface area contributed by atoms with Gasteiger partial charge in [-0.2, -0.15) is 0 Å². The Morgan fingerprint density at radius 1 is 1.24 bits per heavy atom. The van der Waals surface area contributed by atoms with Gasteiger partial charge in [0.2, 0.25) is 11.8 Å². The SMILES string of the molecule is CC(=O)N[C@@H](C)CO[C@H]1C[C@H](COc2ncnc(/C=C/c3ccccc3)c2C)C1. The molecule has 6 heteroatoms. The fraction of sp³-hybridized carbons (Fsp3) is 0.435. The summed E-state index contributed by atoms with van der Waals surface area (Å²) in [5, 5.41) is 2.83. The molecular weight excluding hydrogens is 366 g/mol. The number of hydrogen-bond donors (Lipinski definition) is 1. The van der Waals surface area contributed by atoms with E-state index in [2.05, 4.69) is 27.4 Å². The molecule has 1 N–H and O–H groups in total. The van der Waals surface area contributed by atoms with Crippen LogP contribution in [0.5, 0.6) is 5.88 Å². The van der Waals surface area contributed by atoms with E-state index in [0.717, 1.165) is 29.7 Å². The number of carbonyl (C=O) groups excluding carboxylic acids is 1. The van der Waals surface area contributed by atoms with E-state index in [4.69, 9.17) is 9.47 Å². The van der Waals surface area contributed by atoms with Crippen molar-refractivity contribution in [3.63, 3.8) is 0 Å². The molecule has 2 aromatic rings. The van der Waals surface area contributed by atoms with Gasteiger partial charge in [-0.1, -0.05) is 36.4 Å². The Morgan fingerprint density at radius 3 is 2.72 bits per heavy atom. The molecule has 1 atom stereocenters. The molecule has 1 aromatic carbocycles. The Balaban J connectivity index is 1.44. The van der Waals surface area contributed by atoms with Gasteiger partial charge >= 0.3 is 0 Å². The first-order valence-corrected chi connectivity index (χ1v) is 10.1. The van der Waals surface area contributed by atoms with Crippen molar-refractivity contribution in [2.24, 2.45) is 5.92 Å². The summed E-state index contributed by atoms with van der Waals surface area (Å²) in [6.07, 6.45) is 7.76. The number of carbonyl (C=O) groups is 1. The molecule has 154 valence electrons. The summed E-state index contributed by atoms with van der Waals surface area (Å²) < 4.78 is 11.8. The molecule has 1 aliphatic carbocycles. The highest BCUT2D eigenvalue weighted by atomic mass is 16.5. The summed E-state index contributed by atoms with van der Waals surface area (Å²) in [6.45, 7) is 6.62. The molecule has 3 rings (SSSR count). The number of hydrogen-bond acceptors (Lipinski definition) is 5. The molecule has 1 heterocycles. The van der Waals surface area contributed by atoms with Crippen LogP contribution in [0.15, 0.2) is 36.7 Å². The molecule has 6 nitrogen and oxygen atoms in total. The molecule has 1 aromatic heterocycles. The van der Waals surface area contributed by atoms with E-state index in [1.54, 1.807) is 6.33 Å². The molecule has 0 spiro atoms. The van der Waals surface area contributed by atoms with Gasteiger partial charge in [0.1, 0.15) is 6.33 Å². The molecule has 29 heavy (non-hydrogen) atoms. The standard InChI is InChI=1S/C23H29N3O3/c1-16(26-18(3)27)13-28-21-11-20(12-21)14-29-23-17(2)22(24-15-25-23)10-9-19-7-5-4-6-8-19/h4-10,15-16,20-21H,11-14H2,1-3H3,(H,26,27)/b10-9+/t16-,20-,21-/m0/s1. The largest absolute Gasteiger partial charge is 0.477 e. The first-order valence-electron chi connectivity index (χ1n) is 10.1. The first-order chi connectivity index (χ1) is 14.0. The maximum Gasteiger partial charge on any atom is 0.219 e. The van der Waals surface area contributed by atoms with Gasteiger partial charge in [-0.05, 0) is 44.2 Å². The van der Waals surface area contributed by atoms with Crippen molar-refractivity contribution < 1.29 is 14.3 Å². The third-order valence-corrected chi connectivity index (χ3v) is 4.99. The molecule has 0 aliphatic heterocycles. The number of rotatable bonds is 9. The van der Waals surface area contributed by atoms with Crippen molar-refractivity contribution >= 4 is 18.1 Å². The number of ether oxygens (including phenoxy) is 2. The van der Waals surface area contributed by atoms with Crippen LogP contribution in [0, 0.1) is 12.8 Å². The zero-order chi connectivity index (χ0) is 20.6. The van der Waals surface area contributed by atoms with Gasteiger partial charge in [0, 0.05) is 18.5 Å². The second kappa shape index (κ2) is 10.2. The van der Waals surface area contributed by atoms with Crippen LogP contribution >= 0.6 is 0 Å². The van der Waals surface area contributed by atoms with E-state index in [1.165, 1.54) is 6.92 Å². The van der Waals surface area contributed by atoms with E-state index in [9.17, 15) is 4.79 Å². The molecule has 0 unspecified atom stereocenters. The van der Waals surface area contributed by atoms with Crippen LogP contribution in [-0.2, 0) is 9.53 Å². The van der Waals surface area contributed by atoms with Crippen molar-refractivity contribution in [3.05, 3.63) is 53.5 Å². The minimum atomic E-state index is -0.0285. The molecule has 1 saturated carbocycles. The summed E-state index contributed by atoms with van der Waals surface area (Å²) in [6, 6.07) is 10.2. The van der Waals surface area contributed by atoms with Crippen LogP contribution in [0.3, 0.4) is 0 Å². The van der Waals surface area contributed by atoms with Gasteiger partial charge in [-0.15, -0.1) is 0 Å². The fourth-order valence-corrected chi connectivity index (χ4v) is 3.31. The van der Waals surface area contributed by atoms with Gasteiger partial charge in [-0.25, -0.2) is 9.97 Å². The molecule has 0 saturated heterocycles. The topological polar surface area (TPSA) is 73.3 Å². The number of nitrogens with zero attached hydrogens (tertiary/aromatic N) is 2. The fourth-order valence-electron chi connectivity index (χ4n) is 3.31. The number of nitrogens with one attached hydrogen (secondary N) is 1. The smallest absolute Gasteiger partial charge is 0.219 e. The number of amides is 1. The van der Waals surface area contributed by atoms with Crippen molar-refractivity contribution in [2.45, 2.75) is 45.8 Å². The van der Waals surface area contributed by atoms with Crippen LogP contribution in [0.1, 0.15) is 43.5 Å². The summed E-state index contributed by atoms with van der Waals surface area (Å²) >= 11 is 0. The maximum absolute atomic E-state index is 11.0. The van der Waals surface area contributed by atoms with Crippen LogP contribution in [-0.4, -0.2) is 41.2 Å².